The van der Waals surface area contributed by atoms with Crippen LogP contribution in [0.2, 0.25) is 25.7 Å². The highest BCUT2D eigenvalue weighted by Gasteiger charge is 2.25. The summed E-state index contributed by atoms with van der Waals surface area (Å²) in [4.78, 5) is 7.22. The molecule has 1 aliphatic rings. The number of aromatic nitrogens is 5. The summed E-state index contributed by atoms with van der Waals surface area (Å²) < 4.78 is 14.8. The van der Waals surface area contributed by atoms with E-state index in [1.165, 1.54) is 0 Å². The van der Waals surface area contributed by atoms with Gasteiger partial charge < -0.3 is 14.4 Å². The molecule has 10 heteroatoms. The normalized spacial score (nSPS) is 16.7. The molecule has 1 N–H and O–H groups in total. The second-order valence-corrected chi connectivity index (χ2v) is 17.1. The van der Waals surface area contributed by atoms with Gasteiger partial charge >= 0.3 is 0 Å². The Morgan fingerprint density at radius 1 is 1.17 bits per heavy atom. The van der Waals surface area contributed by atoms with E-state index in [-0.39, 0.29) is 6.04 Å². The molecule has 0 unspecified atom stereocenters. The van der Waals surface area contributed by atoms with Crippen molar-refractivity contribution in [2.75, 3.05) is 31.3 Å². The highest BCUT2D eigenvalue weighted by molar-refractivity contribution is 9.10. The van der Waals surface area contributed by atoms with Gasteiger partial charge in [0.2, 0.25) is 0 Å². The molecule has 5 rings (SSSR count). The van der Waals surface area contributed by atoms with Gasteiger partial charge in [-0.1, -0.05) is 47.7 Å². The Hall–Kier alpha value is -2.53. The Morgan fingerprint density at radius 3 is 2.72 bits per heavy atom. The van der Waals surface area contributed by atoms with E-state index in [1.807, 2.05) is 17.1 Å². The number of anilines is 1. The van der Waals surface area contributed by atoms with Crippen LogP contribution in [0.15, 0.2) is 47.2 Å². The second kappa shape index (κ2) is 10.4. The van der Waals surface area contributed by atoms with E-state index in [0.29, 0.717) is 19.9 Å². The highest BCUT2D eigenvalue weighted by Crippen LogP contribution is 2.38. The van der Waals surface area contributed by atoms with Crippen molar-refractivity contribution in [3.8, 4) is 22.4 Å². The molecule has 1 fully saturated rings. The number of nitrogens with one attached hydrogen (secondary N) is 1. The maximum atomic E-state index is 6.15. The molecule has 8 nitrogen and oxygen atoms in total. The van der Waals surface area contributed by atoms with Gasteiger partial charge in [-0.2, -0.15) is 10.2 Å². The molecule has 0 bridgehead atoms. The van der Waals surface area contributed by atoms with Gasteiger partial charge in [0.1, 0.15) is 12.5 Å². The molecular formula is C26H33BrN6O2Si. The van der Waals surface area contributed by atoms with Crippen LogP contribution in [0.3, 0.4) is 0 Å². The van der Waals surface area contributed by atoms with Gasteiger partial charge in [-0.25, -0.2) is 9.67 Å². The summed E-state index contributed by atoms with van der Waals surface area (Å²) >= 11 is 3.56. The summed E-state index contributed by atoms with van der Waals surface area (Å²) in [5.41, 5.74) is 4.94. The van der Waals surface area contributed by atoms with Gasteiger partial charge in [-0.3, -0.25) is 5.10 Å². The van der Waals surface area contributed by atoms with Crippen molar-refractivity contribution >= 4 is 40.9 Å². The van der Waals surface area contributed by atoms with Crippen molar-refractivity contribution in [2.45, 2.75) is 45.4 Å². The first-order valence-corrected chi connectivity index (χ1v) is 16.9. The van der Waals surface area contributed by atoms with Gasteiger partial charge in [-0.15, -0.1) is 0 Å². The summed E-state index contributed by atoms with van der Waals surface area (Å²) in [6.07, 6.45) is 3.78. The molecule has 4 heterocycles. The minimum absolute atomic E-state index is 0.236. The molecule has 0 spiro atoms. The van der Waals surface area contributed by atoms with E-state index in [0.717, 1.165) is 62.9 Å². The summed E-state index contributed by atoms with van der Waals surface area (Å²) in [5, 5.41) is 13.2. The predicted molar refractivity (Wildman–Crippen MR) is 150 cm³/mol. The van der Waals surface area contributed by atoms with Gasteiger partial charge in [0.25, 0.3) is 0 Å². The Balaban J connectivity index is 1.60. The molecule has 1 atom stereocenters. The predicted octanol–water partition coefficient (Wildman–Crippen LogP) is 5.79. The van der Waals surface area contributed by atoms with Crippen molar-refractivity contribution in [3.63, 3.8) is 0 Å². The lowest BCUT2D eigenvalue weighted by molar-refractivity contribution is 0.0798. The number of aromatic amines is 1. The zero-order valence-electron chi connectivity index (χ0n) is 21.3. The van der Waals surface area contributed by atoms with Crippen LogP contribution in [0, 0.1) is 0 Å². The maximum Gasteiger partial charge on any atom is 0.158 e. The van der Waals surface area contributed by atoms with Crippen molar-refractivity contribution in [1.82, 2.24) is 25.0 Å². The Morgan fingerprint density at radius 2 is 1.97 bits per heavy atom. The van der Waals surface area contributed by atoms with E-state index in [1.54, 1.807) is 0 Å². The average Bonchev–Trinajstić information content (AvgIpc) is 3.49. The van der Waals surface area contributed by atoms with Crippen molar-refractivity contribution in [3.05, 3.63) is 47.2 Å². The number of benzene rings is 1. The molecule has 3 aromatic heterocycles. The monoisotopic (exact) mass is 568 g/mol. The van der Waals surface area contributed by atoms with Crippen LogP contribution in [0.4, 0.5) is 5.82 Å². The van der Waals surface area contributed by atoms with Crippen LogP contribution in [0.25, 0.3) is 33.4 Å². The molecule has 0 aliphatic carbocycles. The average molecular weight is 570 g/mol. The standard InChI is InChI=1S/C26H33BrN6O2Si/c1-18-16-34-10-9-32(18)24-13-21(23-14-28-31-26(23)30-24)25-22(19-5-7-20(27)8-6-19)15-29-33(25)17-35-11-12-36(2,3)4/h5-8,13-15,18H,9-12,16-17H2,1-4H3,(H,28,30,31)/t18-/m1/s1. The number of H-pyrrole nitrogens is 1. The number of hydrogen-bond acceptors (Lipinski definition) is 6. The number of hydrogen-bond donors (Lipinski definition) is 1. The molecule has 0 amide bonds. The lowest BCUT2D eigenvalue weighted by atomic mass is 10.00. The van der Waals surface area contributed by atoms with Gasteiger partial charge in [0.15, 0.2) is 5.65 Å². The summed E-state index contributed by atoms with van der Waals surface area (Å²) in [5.74, 6) is 0.909. The number of halogens is 1. The Bertz CT molecular complexity index is 1330. The smallest absolute Gasteiger partial charge is 0.158 e. The fourth-order valence-corrected chi connectivity index (χ4v) is 5.48. The number of pyridine rings is 1. The lowest BCUT2D eigenvalue weighted by Crippen LogP contribution is -2.44. The van der Waals surface area contributed by atoms with Crippen LogP contribution in [-0.4, -0.2) is 65.4 Å². The number of rotatable bonds is 8. The molecule has 0 radical (unpaired) electrons. The molecule has 36 heavy (non-hydrogen) atoms. The zero-order chi connectivity index (χ0) is 25.3. The first-order chi connectivity index (χ1) is 17.3. The van der Waals surface area contributed by atoms with Gasteiger partial charge in [0.05, 0.1) is 37.3 Å². The number of morpholine rings is 1. The second-order valence-electron chi connectivity index (χ2n) is 10.5. The van der Waals surface area contributed by atoms with E-state index in [2.05, 4.69) is 87.9 Å². The molecular weight excluding hydrogens is 536 g/mol. The molecule has 190 valence electrons. The summed E-state index contributed by atoms with van der Waals surface area (Å²) in [6.45, 7) is 12.6. The third-order valence-corrected chi connectivity index (χ3v) is 8.76. The number of fused-ring (bicyclic) bond motifs is 1. The van der Waals surface area contributed by atoms with Gasteiger partial charge in [0, 0.05) is 42.2 Å². The molecule has 1 aromatic carbocycles. The Kier molecular flexibility index (Phi) is 7.29. The minimum atomic E-state index is -1.18. The van der Waals surface area contributed by atoms with Crippen LogP contribution < -0.4 is 4.90 Å². The van der Waals surface area contributed by atoms with E-state index in [9.17, 15) is 0 Å². The van der Waals surface area contributed by atoms with E-state index in [4.69, 9.17) is 19.6 Å². The third kappa shape index (κ3) is 5.41. The lowest BCUT2D eigenvalue weighted by Gasteiger charge is -2.34. The van der Waals surface area contributed by atoms with E-state index < -0.39 is 8.07 Å². The van der Waals surface area contributed by atoms with Crippen molar-refractivity contribution < 1.29 is 9.47 Å². The van der Waals surface area contributed by atoms with E-state index >= 15 is 0 Å². The fraction of sp³-hybridized carbons (Fsp3) is 0.423. The zero-order valence-corrected chi connectivity index (χ0v) is 23.9. The number of ether oxygens (including phenoxy) is 2. The first kappa shape index (κ1) is 25.1. The SMILES string of the molecule is C[C@@H]1COCCN1c1cc(-c2c(-c3ccc(Br)cc3)cnn2COCC[Si](C)(C)C)c2cn[nH]c2n1. The number of nitrogens with zero attached hydrogens (tertiary/aromatic N) is 5. The third-order valence-electron chi connectivity index (χ3n) is 6.53. The van der Waals surface area contributed by atoms with Crippen molar-refractivity contribution in [1.29, 1.82) is 0 Å². The summed E-state index contributed by atoms with van der Waals surface area (Å²) in [6, 6.07) is 11.9. The van der Waals surface area contributed by atoms with Crippen molar-refractivity contribution in [2.24, 2.45) is 0 Å². The van der Waals surface area contributed by atoms with Crippen LogP contribution in [0.1, 0.15) is 6.92 Å². The van der Waals surface area contributed by atoms with Gasteiger partial charge in [-0.05, 0) is 36.7 Å². The van der Waals surface area contributed by atoms with Crippen LogP contribution >= 0.6 is 15.9 Å². The summed E-state index contributed by atoms with van der Waals surface area (Å²) in [7, 11) is -1.18. The quantitative estimate of drug-likeness (QED) is 0.214. The highest BCUT2D eigenvalue weighted by atomic mass is 79.9. The maximum absolute atomic E-state index is 6.15. The topological polar surface area (TPSA) is 81.1 Å². The molecule has 0 saturated carbocycles. The molecule has 1 aliphatic heterocycles. The fourth-order valence-electron chi connectivity index (χ4n) is 4.46. The largest absolute Gasteiger partial charge is 0.377 e. The van der Waals surface area contributed by atoms with Crippen LogP contribution in [0.5, 0.6) is 0 Å². The minimum Gasteiger partial charge on any atom is -0.377 e. The molecule has 4 aromatic rings. The first-order valence-electron chi connectivity index (χ1n) is 12.4. The van der Waals surface area contributed by atoms with Crippen LogP contribution in [-0.2, 0) is 16.2 Å². The Labute approximate surface area is 221 Å². The molecule has 1 saturated heterocycles.